The zero-order valence-corrected chi connectivity index (χ0v) is 12.7. The molecule has 0 saturated carbocycles. The highest BCUT2D eigenvalue weighted by Gasteiger charge is 2.17. The van der Waals surface area contributed by atoms with Gasteiger partial charge in [-0.05, 0) is 20.3 Å². The van der Waals surface area contributed by atoms with Crippen LogP contribution in [0.2, 0.25) is 0 Å². The molecule has 0 spiro atoms. The molecule has 0 radical (unpaired) electrons. The van der Waals surface area contributed by atoms with Gasteiger partial charge in [-0.3, -0.25) is 9.48 Å². The minimum absolute atomic E-state index is 0.0446. The molecule has 2 heterocycles. The maximum atomic E-state index is 12.1. The average molecular weight is 293 g/mol. The Morgan fingerprint density at radius 1 is 1.55 bits per heavy atom. The molecular weight excluding hydrogens is 274 g/mol. The van der Waals surface area contributed by atoms with Crippen LogP contribution in [-0.2, 0) is 11.3 Å². The molecule has 6 nitrogen and oxygen atoms in total. The Morgan fingerprint density at radius 2 is 2.30 bits per heavy atom. The summed E-state index contributed by atoms with van der Waals surface area (Å²) < 4.78 is 1.63. The molecule has 1 amide bonds. The molecule has 0 bridgehead atoms. The van der Waals surface area contributed by atoms with Gasteiger partial charge in [-0.25, -0.2) is 4.98 Å². The molecule has 0 aliphatic heterocycles. The Morgan fingerprint density at radius 3 is 2.80 bits per heavy atom. The number of hydrogen-bond donors (Lipinski definition) is 2. The number of amides is 1. The van der Waals surface area contributed by atoms with Crippen molar-refractivity contribution in [3.8, 4) is 0 Å². The number of aromatic nitrogens is 3. The van der Waals surface area contributed by atoms with Crippen LogP contribution in [-0.4, -0.2) is 20.7 Å². The van der Waals surface area contributed by atoms with E-state index in [0.29, 0.717) is 5.69 Å². The van der Waals surface area contributed by atoms with E-state index in [1.54, 1.807) is 22.2 Å². The molecular formula is C13H19N5OS. The molecule has 2 aromatic heterocycles. The Balaban J connectivity index is 2.03. The van der Waals surface area contributed by atoms with Crippen molar-refractivity contribution in [2.24, 2.45) is 0 Å². The van der Waals surface area contributed by atoms with Crippen molar-refractivity contribution in [1.29, 1.82) is 0 Å². The van der Waals surface area contributed by atoms with Gasteiger partial charge in [0.1, 0.15) is 11.6 Å². The van der Waals surface area contributed by atoms with Crippen LogP contribution < -0.4 is 11.1 Å². The second kappa shape index (κ2) is 6.04. The molecule has 1 atom stereocenters. The number of nitrogens with one attached hydrogen (secondary N) is 1. The smallest absolute Gasteiger partial charge is 0.242 e. The fourth-order valence-electron chi connectivity index (χ4n) is 1.99. The number of nitrogen functional groups attached to an aromatic ring is 1. The predicted molar refractivity (Wildman–Crippen MR) is 79.4 cm³/mol. The lowest BCUT2D eigenvalue weighted by Crippen LogP contribution is -2.31. The standard InChI is InChI=1S/C13H19N5OS/c1-4-10(13-15-5-6-20-13)16-11(19)7-18-9(3)12(14)8(2)17-18/h5-6,10H,4,7,14H2,1-3H3,(H,16,19). The number of nitrogens with zero attached hydrogens (tertiary/aromatic N) is 3. The Hall–Kier alpha value is -1.89. The van der Waals surface area contributed by atoms with E-state index in [0.717, 1.165) is 22.8 Å². The third-order valence-electron chi connectivity index (χ3n) is 3.22. The van der Waals surface area contributed by atoms with Crippen molar-refractivity contribution in [3.05, 3.63) is 28.0 Å². The van der Waals surface area contributed by atoms with Gasteiger partial charge in [0.25, 0.3) is 0 Å². The normalized spacial score (nSPS) is 12.3. The first-order valence-corrected chi connectivity index (χ1v) is 7.39. The molecule has 3 N–H and O–H groups in total. The van der Waals surface area contributed by atoms with Crippen molar-refractivity contribution < 1.29 is 4.79 Å². The number of hydrogen-bond acceptors (Lipinski definition) is 5. The van der Waals surface area contributed by atoms with Gasteiger partial charge in [0.15, 0.2) is 0 Å². The third kappa shape index (κ3) is 2.98. The summed E-state index contributed by atoms with van der Waals surface area (Å²) in [6, 6.07) is -0.0446. The highest BCUT2D eigenvalue weighted by molar-refractivity contribution is 7.09. The van der Waals surface area contributed by atoms with Crippen LogP contribution >= 0.6 is 11.3 Å². The van der Waals surface area contributed by atoms with E-state index < -0.39 is 0 Å². The van der Waals surface area contributed by atoms with Crippen molar-refractivity contribution >= 4 is 22.9 Å². The molecule has 0 aliphatic carbocycles. The summed E-state index contributed by atoms with van der Waals surface area (Å²) in [5.74, 6) is -0.0855. The topological polar surface area (TPSA) is 85.8 Å². The van der Waals surface area contributed by atoms with Crippen LogP contribution in [0.15, 0.2) is 11.6 Å². The first kappa shape index (κ1) is 14.5. The zero-order chi connectivity index (χ0) is 14.7. The highest BCUT2D eigenvalue weighted by Crippen LogP contribution is 2.19. The SMILES string of the molecule is CCC(NC(=O)Cn1nc(C)c(N)c1C)c1nccs1. The second-order valence-electron chi connectivity index (χ2n) is 4.64. The second-order valence-corrected chi connectivity index (χ2v) is 5.57. The van der Waals surface area contributed by atoms with Crippen LogP contribution in [0, 0.1) is 13.8 Å². The molecule has 0 aromatic carbocycles. The lowest BCUT2D eigenvalue weighted by molar-refractivity contribution is -0.122. The summed E-state index contributed by atoms with van der Waals surface area (Å²) >= 11 is 1.55. The lowest BCUT2D eigenvalue weighted by Gasteiger charge is -2.14. The van der Waals surface area contributed by atoms with Crippen molar-refractivity contribution in [2.75, 3.05) is 5.73 Å². The van der Waals surface area contributed by atoms with Crippen molar-refractivity contribution in [2.45, 2.75) is 39.8 Å². The van der Waals surface area contributed by atoms with Gasteiger partial charge in [0.05, 0.1) is 23.1 Å². The van der Waals surface area contributed by atoms with Gasteiger partial charge in [0, 0.05) is 11.6 Å². The Labute approximate surface area is 122 Å². The van der Waals surface area contributed by atoms with Gasteiger partial charge in [-0.2, -0.15) is 5.10 Å². The molecule has 0 fully saturated rings. The first-order valence-electron chi connectivity index (χ1n) is 6.51. The Bertz CT molecular complexity index is 590. The van der Waals surface area contributed by atoms with Crippen LogP contribution in [0.1, 0.15) is 35.8 Å². The molecule has 0 saturated heterocycles. The summed E-state index contributed by atoms with van der Waals surface area (Å²) in [5.41, 5.74) is 8.07. The number of anilines is 1. The fraction of sp³-hybridized carbons (Fsp3) is 0.462. The van der Waals surface area contributed by atoms with Gasteiger partial charge in [-0.15, -0.1) is 11.3 Å². The number of rotatable bonds is 5. The fourth-order valence-corrected chi connectivity index (χ4v) is 2.76. The number of nitrogens with two attached hydrogens (primary N) is 1. The van der Waals surface area contributed by atoms with Crippen LogP contribution in [0.4, 0.5) is 5.69 Å². The van der Waals surface area contributed by atoms with E-state index in [1.165, 1.54) is 0 Å². The minimum atomic E-state index is -0.0855. The summed E-state index contributed by atoms with van der Waals surface area (Å²) in [7, 11) is 0. The number of carbonyl (C=O) groups is 1. The molecule has 0 aliphatic rings. The van der Waals surface area contributed by atoms with Crippen LogP contribution in [0.3, 0.4) is 0 Å². The van der Waals surface area contributed by atoms with Gasteiger partial charge in [-0.1, -0.05) is 6.92 Å². The average Bonchev–Trinajstić information content (AvgIpc) is 3.02. The van der Waals surface area contributed by atoms with E-state index in [1.807, 2.05) is 26.2 Å². The highest BCUT2D eigenvalue weighted by atomic mass is 32.1. The maximum absolute atomic E-state index is 12.1. The van der Waals surface area contributed by atoms with E-state index >= 15 is 0 Å². The summed E-state index contributed by atoms with van der Waals surface area (Å²) in [5, 5.41) is 10.1. The largest absolute Gasteiger partial charge is 0.396 e. The van der Waals surface area contributed by atoms with E-state index in [-0.39, 0.29) is 18.5 Å². The number of carbonyl (C=O) groups excluding carboxylic acids is 1. The van der Waals surface area contributed by atoms with E-state index in [4.69, 9.17) is 5.73 Å². The quantitative estimate of drug-likeness (QED) is 0.880. The van der Waals surface area contributed by atoms with Gasteiger partial charge in [0.2, 0.25) is 5.91 Å². The van der Waals surface area contributed by atoms with Gasteiger partial charge < -0.3 is 11.1 Å². The van der Waals surface area contributed by atoms with Crippen molar-refractivity contribution in [3.63, 3.8) is 0 Å². The summed E-state index contributed by atoms with van der Waals surface area (Å²) in [6.45, 7) is 5.89. The number of thiazole rings is 1. The molecule has 2 aromatic rings. The molecule has 1 unspecified atom stereocenters. The molecule has 7 heteroatoms. The number of aryl methyl sites for hydroxylation is 1. The summed E-state index contributed by atoms with van der Waals surface area (Å²) in [6.07, 6.45) is 2.55. The van der Waals surface area contributed by atoms with E-state index in [9.17, 15) is 4.79 Å². The minimum Gasteiger partial charge on any atom is -0.396 e. The zero-order valence-electron chi connectivity index (χ0n) is 11.9. The lowest BCUT2D eigenvalue weighted by atomic mass is 10.2. The van der Waals surface area contributed by atoms with Crippen molar-refractivity contribution in [1.82, 2.24) is 20.1 Å². The Kier molecular flexibility index (Phi) is 4.39. The summed E-state index contributed by atoms with van der Waals surface area (Å²) in [4.78, 5) is 16.4. The third-order valence-corrected chi connectivity index (χ3v) is 4.11. The molecule has 2 rings (SSSR count). The van der Waals surface area contributed by atoms with E-state index in [2.05, 4.69) is 15.4 Å². The maximum Gasteiger partial charge on any atom is 0.242 e. The molecule has 108 valence electrons. The monoisotopic (exact) mass is 293 g/mol. The molecule has 20 heavy (non-hydrogen) atoms. The first-order chi connectivity index (χ1) is 9.52. The van der Waals surface area contributed by atoms with Crippen LogP contribution in [0.5, 0.6) is 0 Å². The van der Waals surface area contributed by atoms with Gasteiger partial charge >= 0.3 is 0 Å². The van der Waals surface area contributed by atoms with Crippen LogP contribution in [0.25, 0.3) is 0 Å². The predicted octanol–water partition coefficient (Wildman–Crippen LogP) is 1.81.